The summed E-state index contributed by atoms with van der Waals surface area (Å²) in [5.74, 6) is 0.473. The van der Waals surface area contributed by atoms with E-state index in [2.05, 4.69) is 0 Å². The van der Waals surface area contributed by atoms with Gasteiger partial charge >= 0.3 is 0 Å². The molecular weight excluding hydrogens is 284 g/mol. The normalized spacial score (nSPS) is 15.4. The van der Waals surface area contributed by atoms with Crippen molar-refractivity contribution in [3.8, 4) is 0 Å². The molecule has 1 heterocycles. The van der Waals surface area contributed by atoms with E-state index in [1.54, 1.807) is 9.80 Å². The Morgan fingerprint density at radius 1 is 1.26 bits per heavy atom. The highest BCUT2D eigenvalue weighted by Gasteiger charge is 2.20. The molecule has 0 bridgehead atoms. The number of thioether (sulfide) groups is 1. The molecule has 0 aliphatic carbocycles. The third-order valence-electron chi connectivity index (χ3n) is 3.00. The van der Waals surface area contributed by atoms with E-state index in [9.17, 15) is 9.59 Å². The number of halogens is 1. The number of nitrogens with zero attached hydrogens (tertiary/aromatic N) is 2. The number of benzene rings is 1. The maximum Gasteiger partial charge on any atom is 0.233 e. The largest absolute Gasteiger partial charge is 0.342 e. The van der Waals surface area contributed by atoms with Gasteiger partial charge in [0.15, 0.2) is 0 Å². The van der Waals surface area contributed by atoms with Crippen LogP contribution in [0.15, 0.2) is 29.2 Å². The van der Waals surface area contributed by atoms with Crippen molar-refractivity contribution in [3.63, 3.8) is 0 Å². The van der Waals surface area contributed by atoms with Gasteiger partial charge in [-0.2, -0.15) is 0 Å². The summed E-state index contributed by atoms with van der Waals surface area (Å²) < 4.78 is 0. The Bertz CT molecular complexity index is 462. The van der Waals surface area contributed by atoms with Crippen LogP contribution in [0.25, 0.3) is 0 Å². The molecule has 1 saturated heterocycles. The summed E-state index contributed by atoms with van der Waals surface area (Å²) in [4.78, 5) is 27.0. The van der Waals surface area contributed by atoms with Crippen molar-refractivity contribution >= 4 is 35.7 Å². The monoisotopic (exact) mass is 298 g/mol. The van der Waals surface area contributed by atoms with Crippen molar-refractivity contribution < 1.29 is 9.59 Å². The fourth-order valence-electron chi connectivity index (χ4n) is 1.87. The summed E-state index contributed by atoms with van der Waals surface area (Å²) in [5.41, 5.74) is 0. The van der Waals surface area contributed by atoms with Crippen LogP contribution in [0.1, 0.15) is 0 Å². The van der Waals surface area contributed by atoms with Crippen LogP contribution in [-0.4, -0.2) is 54.0 Å². The number of carbonyl (C=O) groups excluding carboxylic acids is 2. The molecule has 102 valence electrons. The van der Waals surface area contributed by atoms with Gasteiger partial charge in [-0.15, -0.1) is 11.8 Å². The minimum atomic E-state index is 0.0930. The first-order chi connectivity index (χ1) is 9.20. The average Bonchev–Trinajstić information content (AvgIpc) is 2.46. The first kappa shape index (κ1) is 14.2. The van der Waals surface area contributed by atoms with Crippen molar-refractivity contribution in [2.45, 2.75) is 4.90 Å². The van der Waals surface area contributed by atoms with Crippen LogP contribution >= 0.6 is 23.4 Å². The van der Waals surface area contributed by atoms with Crippen LogP contribution in [0, 0.1) is 0 Å². The summed E-state index contributed by atoms with van der Waals surface area (Å²) in [6.45, 7) is 2.46. The predicted molar refractivity (Wildman–Crippen MR) is 76.4 cm³/mol. The van der Waals surface area contributed by atoms with E-state index in [-0.39, 0.29) is 5.91 Å². The molecule has 4 nitrogen and oxygen atoms in total. The molecule has 1 aliphatic rings. The van der Waals surface area contributed by atoms with Gasteiger partial charge in [-0.3, -0.25) is 9.59 Å². The van der Waals surface area contributed by atoms with Gasteiger partial charge in [-0.25, -0.2) is 0 Å². The molecule has 0 spiro atoms. The molecule has 0 aromatic heterocycles. The fraction of sp³-hybridized carbons (Fsp3) is 0.385. The van der Waals surface area contributed by atoms with E-state index in [1.807, 2.05) is 24.3 Å². The topological polar surface area (TPSA) is 40.6 Å². The average molecular weight is 299 g/mol. The Morgan fingerprint density at radius 2 is 1.95 bits per heavy atom. The number of piperazine rings is 1. The van der Waals surface area contributed by atoms with Gasteiger partial charge in [0.05, 0.1) is 10.8 Å². The number of rotatable bonds is 4. The number of hydrogen-bond donors (Lipinski definition) is 0. The first-order valence-electron chi connectivity index (χ1n) is 6.05. The fourth-order valence-corrected chi connectivity index (χ4v) is 3.01. The van der Waals surface area contributed by atoms with Crippen LogP contribution in [0.4, 0.5) is 0 Å². The molecule has 0 unspecified atom stereocenters. The molecule has 1 fully saturated rings. The highest BCUT2D eigenvalue weighted by atomic mass is 35.5. The molecule has 1 aromatic carbocycles. The van der Waals surface area contributed by atoms with Gasteiger partial charge in [0, 0.05) is 31.1 Å². The maximum absolute atomic E-state index is 12.0. The van der Waals surface area contributed by atoms with E-state index >= 15 is 0 Å². The lowest BCUT2D eigenvalue weighted by Gasteiger charge is -2.32. The Labute approximate surface area is 121 Å². The quantitative estimate of drug-likeness (QED) is 0.628. The number of carbonyl (C=O) groups is 2. The lowest BCUT2D eigenvalue weighted by molar-refractivity contribution is -0.132. The van der Waals surface area contributed by atoms with Gasteiger partial charge in [-0.05, 0) is 12.1 Å². The molecule has 1 aromatic rings. The Hall–Kier alpha value is -1.20. The van der Waals surface area contributed by atoms with Crippen molar-refractivity contribution in [2.75, 3.05) is 31.9 Å². The van der Waals surface area contributed by atoms with Crippen molar-refractivity contribution in [3.05, 3.63) is 29.3 Å². The lowest BCUT2D eigenvalue weighted by Crippen LogP contribution is -2.48. The molecule has 6 heteroatoms. The SMILES string of the molecule is O=CN1CCN(C(=O)CSc2ccccc2Cl)CC1. The van der Waals surface area contributed by atoms with Gasteiger partial charge in [0.25, 0.3) is 0 Å². The summed E-state index contributed by atoms with van der Waals surface area (Å²) in [7, 11) is 0. The minimum Gasteiger partial charge on any atom is -0.342 e. The van der Waals surface area contributed by atoms with Crippen LogP contribution < -0.4 is 0 Å². The third kappa shape index (κ3) is 3.88. The molecule has 0 saturated carbocycles. The van der Waals surface area contributed by atoms with E-state index in [0.29, 0.717) is 37.0 Å². The highest BCUT2D eigenvalue weighted by Crippen LogP contribution is 2.26. The van der Waals surface area contributed by atoms with Crippen molar-refractivity contribution in [2.24, 2.45) is 0 Å². The molecular formula is C13H15ClN2O2S. The van der Waals surface area contributed by atoms with Gasteiger partial charge in [0.1, 0.15) is 0 Å². The zero-order valence-electron chi connectivity index (χ0n) is 10.4. The van der Waals surface area contributed by atoms with Crippen LogP contribution in [0.2, 0.25) is 5.02 Å². The minimum absolute atomic E-state index is 0.0930. The second-order valence-electron chi connectivity index (χ2n) is 4.24. The highest BCUT2D eigenvalue weighted by molar-refractivity contribution is 8.00. The van der Waals surface area contributed by atoms with E-state index in [4.69, 9.17) is 11.6 Å². The predicted octanol–water partition coefficient (Wildman–Crippen LogP) is 1.73. The molecule has 19 heavy (non-hydrogen) atoms. The summed E-state index contributed by atoms with van der Waals surface area (Å²) in [6.07, 6.45) is 0.834. The van der Waals surface area contributed by atoms with Crippen LogP contribution in [-0.2, 0) is 9.59 Å². The smallest absolute Gasteiger partial charge is 0.233 e. The Balaban J connectivity index is 1.82. The van der Waals surface area contributed by atoms with E-state index in [1.165, 1.54) is 11.8 Å². The Morgan fingerprint density at radius 3 is 2.58 bits per heavy atom. The number of amides is 2. The molecule has 0 radical (unpaired) electrons. The van der Waals surface area contributed by atoms with Gasteiger partial charge < -0.3 is 9.80 Å². The molecule has 0 N–H and O–H groups in total. The van der Waals surface area contributed by atoms with Crippen molar-refractivity contribution in [1.29, 1.82) is 0 Å². The summed E-state index contributed by atoms with van der Waals surface area (Å²) in [5, 5.41) is 0.672. The molecule has 2 amide bonds. The van der Waals surface area contributed by atoms with Crippen LogP contribution in [0.3, 0.4) is 0 Å². The van der Waals surface area contributed by atoms with Gasteiger partial charge in [0.2, 0.25) is 12.3 Å². The number of hydrogen-bond acceptors (Lipinski definition) is 3. The molecule has 0 atom stereocenters. The molecule has 1 aliphatic heterocycles. The van der Waals surface area contributed by atoms with Gasteiger partial charge in [-0.1, -0.05) is 23.7 Å². The summed E-state index contributed by atoms with van der Waals surface area (Å²) >= 11 is 7.49. The second kappa shape index (κ2) is 6.82. The lowest BCUT2D eigenvalue weighted by atomic mass is 10.3. The first-order valence-corrected chi connectivity index (χ1v) is 7.41. The standard InChI is InChI=1S/C13H15ClN2O2S/c14-11-3-1-2-4-12(11)19-9-13(18)16-7-5-15(10-17)6-8-16/h1-4,10H,5-9H2. The van der Waals surface area contributed by atoms with Crippen LogP contribution in [0.5, 0.6) is 0 Å². The zero-order chi connectivity index (χ0) is 13.7. The van der Waals surface area contributed by atoms with Crippen molar-refractivity contribution in [1.82, 2.24) is 9.80 Å². The molecule has 2 rings (SSSR count). The van der Waals surface area contributed by atoms with E-state index < -0.39 is 0 Å². The van der Waals surface area contributed by atoms with E-state index in [0.717, 1.165) is 11.3 Å². The maximum atomic E-state index is 12.0. The Kier molecular flexibility index (Phi) is 5.10. The summed E-state index contributed by atoms with van der Waals surface area (Å²) in [6, 6.07) is 7.50. The zero-order valence-corrected chi connectivity index (χ0v) is 12.0. The third-order valence-corrected chi connectivity index (χ3v) is 4.50. The second-order valence-corrected chi connectivity index (χ2v) is 5.67.